The lowest BCUT2D eigenvalue weighted by molar-refractivity contribution is -0.120. The van der Waals surface area contributed by atoms with Crippen molar-refractivity contribution in [3.63, 3.8) is 0 Å². The third-order valence-corrected chi connectivity index (χ3v) is 5.28. The molecule has 0 bridgehead atoms. The molecule has 0 aliphatic rings. The Bertz CT molecular complexity index is 1160. The number of methoxy groups -OCH3 is 1. The summed E-state index contributed by atoms with van der Waals surface area (Å²) in [5.74, 6) is 0.775. The molecule has 3 heteroatoms. The molecule has 1 atom stereocenters. The maximum absolute atomic E-state index is 12.5. The van der Waals surface area contributed by atoms with Crippen LogP contribution in [0, 0.1) is 0 Å². The summed E-state index contributed by atoms with van der Waals surface area (Å²) in [7, 11) is 1.63. The van der Waals surface area contributed by atoms with Crippen LogP contribution in [0.15, 0.2) is 78.9 Å². The lowest BCUT2D eigenvalue weighted by Crippen LogP contribution is -2.18. The third-order valence-electron chi connectivity index (χ3n) is 5.28. The summed E-state index contributed by atoms with van der Waals surface area (Å²) in [5.41, 5.74) is 1.89. The highest BCUT2D eigenvalue weighted by molar-refractivity contribution is 5.87. The zero-order chi connectivity index (χ0) is 20.2. The Labute approximate surface area is 170 Å². The number of rotatable bonds is 7. The summed E-state index contributed by atoms with van der Waals surface area (Å²) in [5, 5.41) is 15.0. The van der Waals surface area contributed by atoms with Gasteiger partial charge in [-0.2, -0.15) is 0 Å². The monoisotopic (exact) mass is 384 g/mol. The minimum absolute atomic E-state index is 0.0348. The topological polar surface area (TPSA) is 46.5 Å². The molecule has 0 aliphatic carbocycles. The normalized spacial score (nSPS) is 12.2. The first kappa shape index (κ1) is 19.2. The van der Waals surface area contributed by atoms with E-state index in [4.69, 9.17) is 4.74 Å². The van der Waals surface area contributed by atoms with Crippen LogP contribution in [0.2, 0.25) is 0 Å². The van der Waals surface area contributed by atoms with Crippen molar-refractivity contribution in [2.24, 2.45) is 0 Å². The van der Waals surface area contributed by atoms with Gasteiger partial charge in [0.1, 0.15) is 11.5 Å². The van der Waals surface area contributed by atoms with E-state index in [2.05, 4.69) is 6.07 Å². The number of benzene rings is 4. The first-order chi connectivity index (χ1) is 14.1. The standard InChI is InChI=1S/C26H24O3/c1-29-26-16-22-9-5-4-8-21(22)14-23(26)15-25(28)17-24(27)13-18-10-11-19-6-2-3-7-20(19)12-18/h2-12,14,16,25,28H,13,15,17H2,1H3. The molecule has 4 rings (SSSR count). The number of ketones is 1. The highest BCUT2D eigenvalue weighted by Crippen LogP contribution is 2.27. The van der Waals surface area contributed by atoms with Crippen molar-refractivity contribution >= 4 is 27.3 Å². The van der Waals surface area contributed by atoms with Gasteiger partial charge in [0.25, 0.3) is 0 Å². The lowest BCUT2D eigenvalue weighted by Gasteiger charge is -2.14. The van der Waals surface area contributed by atoms with E-state index in [9.17, 15) is 9.90 Å². The van der Waals surface area contributed by atoms with Crippen LogP contribution in [0.5, 0.6) is 5.75 Å². The van der Waals surface area contributed by atoms with Crippen molar-refractivity contribution in [3.8, 4) is 5.75 Å². The van der Waals surface area contributed by atoms with Crippen molar-refractivity contribution in [1.29, 1.82) is 0 Å². The molecule has 0 spiro atoms. The van der Waals surface area contributed by atoms with E-state index in [1.54, 1.807) is 7.11 Å². The third kappa shape index (κ3) is 4.47. The largest absolute Gasteiger partial charge is 0.496 e. The van der Waals surface area contributed by atoms with Crippen LogP contribution in [-0.2, 0) is 17.6 Å². The quantitative estimate of drug-likeness (QED) is 0.482. The molecule has 0 saturated carbocycles. The number of aliphatic hydroxyl groups excluding tert-OH is 1. The molecule has 1 N–H and O–H groups in total. The van der Waals surface area contributed by atoms with Crippen LogP contribution in [0.25, 0.3) is 21.5 Å². The smallest absolute Gasteiger partial charge is 0.139 e. The Kier molecular flexibility index (Phi) is 5.59. The van der Waals surface area contributed by atoms with Gasteiger partial charge in [0.05, 0.1) is 13.2 Å². The minimum atomic E-state index is -0.738. The molecular formula is C26H24O3. The highest BCUT2D eigenvalue weighted by Gasteiger charge is 2.15. The molecule has 0 heterocycles. The Morgan fingerprint density at radius 1 is 0.862 bits per heavy atom. The second-order valence-electron chi connectivity index (χ2n) is 7.47. The van der Waals surface area contributed by atoms with Gasteiger partial charge in [-0.25, -0.2) is 0 Å². The number of hydrogen-bond acceptors (Lipinski definition) is 3. The number of fused-ring (bicyclic) bond motifs is 2. The van der Waals surface area contributed by atoms with Gasteiger partial charge in [0, 0.05) is 19.3 Å². The number of ether oxygens (including phenoxy) is 1. The molecule has 0 aromatic heterocycles. The van der Waals surface area contributed by atoms with Gasteiger partial charge >= 0.3 is 0 Å². The molecule has 1 unspecified atom stereocenters. The molecule has 29 heavy (non-hydrogen) atoms. The van der Waals surface area contributed by atoms with Gasteiger partial charge < -0.3 is 9.84 Å². The summed E-state index contributed by atoms with van der Waals surface area (Å²) < 4.78 is 5.50. The SMILES string of the molecule is COc1cc2ccccc2cc1CC(O)CC(=O)Cc1ccc2ccccc2c1. The molecule has 4 aromatic carbocycles. The fourth-order valence-electron chi connectivity index (χ4n) is 3.85. The van der Waals surface area contributed by atoms with Gasteiger partial charge in [-0.1, -0.05) is 66.7 Å². The Hall–Kier alpha value is -3.17. The van der Waals surface area contributed by atoms with E-state index in [0.29, 0.717) is 12.8 Å². The first-order valence-electron chi connectivity index (χ1n) is 9.85. The first-order valence-corrected chi connectivity index (χ1v) is 9.85. The van der Waals surface area contributed by atoms with E-state index < -0.39 is 6.10 Å². The molecule has 3 nitrogen and oxygen atoms in total. The van der Waals surface area contributed by atoms with E-state index in [1.807, 2.05) is 72.8 Å². The number of hydrogen-bond donors (Lipinski definition) is 1. The predicted octanol–water partition coefficient (Wildman–Crippen LogP) is 5.11. The molecule has 0 amide bonds. The number of carbonyl (C=O) groups excluding carboxylic acids is 1. The molecule has 146 valence electrons. The maximum Gasteiger partial charge on any atom is 0.139 e. The average molecular weight is 384 g/mol. The van der Waals surface area contributed by atoms with Gasteiger partial charge in [0.15, 0.2) is 0 Å². The zero-order valence-corrected chi connectivity index (χ0v) is 16.5. The fraction of sp³-hybridized carbons (Fsp3) is 0.192. The number of aliphatic hydroxyl groups is 1. The molecule has 0 radical (unpaired) electrons. The number of Topliss-reactive ketones (excluding diaryl/α,β-unsaturated/α-hetero) is 1. The second-order valence-corrected chi connectivity index (χ2v) is 7.47. The summed E-state index contributed by atoms with van der Waals surface area (Å²) >= 11 is 0. The van der Waals surface area contributed by atoms with Gasteiger partial charge in [0.2, 0.25) is 0 Å². The van der Waals surface area contributed by atoms with Crippen molar-refractivity contribution in [3.05, 3.63) is 90.0 Å². The molecule has 4 aromatic rings. The van der Waals surface area contributed by atoms with Crippen molar-refractivity contribution in [2.45, 2.75) is 25.4 Å². The van der Waals surface area contributed by atoms with Gasteiger partial charge in [-0.05, 0) is 44.8 Å². The summed E-state index contributed by atoms with van der Waals surface area (Å²) in [6.07, 6.45) is 0.106. The lowest BCUT2D eigenvalue weighted by atomic mass is 9.97. The Morgan fingerprint density at radius 2 is 1.48 bits per heavy atom. The van der Waals surface area contributed by atoms with E-state index in [0.717, 1.165) is 38.4 Å². The predicted molar refractivity (Wildman–Crippen MR) is 117 cm³/mol. The van der Waals surface area contributed by atoms with Gasteiger partial charge in [-0.15, -0.1) is 0 Å². The number of carbonyl (C=O) groups is 1. The van der Waals surface area contributed by atoms with E-state index in [-0.39, 0.29) is 12.2 Å². The van der Waals surface area contributed by atoms with Crippen molar-refractivity contribution < 1.29 is 14.6 Å². The van der Waals surface area contributed by atoms with Crippen LogP contribution in [0.4, 0.5) is 0 Å². The van der Waals surface area contributed by atoms with Crippen molar-refractivity contribution in [2.75, 3.05) is 7.11 Å². The van der Waals surface area contributed by atoms with Crippen LogP contribution < -0.4 is 4.74 Å². The highest BCUT2D eigenvalue weighted by atomic mass is 16.5. The van der Waals surface area contributed by atoms with Crippen LogP contribution in [0.1, 0.15) is 17.5 Å². The van der Waals surface area contributed by atoms with Gasteiger partial charge in [-0.3, -0.25) is 4.79 Å². The summed E-state index contributed by atoms with van der Waals surface area (Å²) in [6, 6.07) is 26.2. The molecule has 0 saturated heterocycles. The zero-order valence-electron chi connectivity index (χ0n) is 16.5. The van der Waals surface area contributed by atoms with Crippen LogP contribution in [-0.4, -0.2) is 24.1 Å². The fourth-order valence-corrected chi connectivity index (χ4v) is 3.85. The minimum Gasteiger partial charge on any atom is -0.496 e. The van der Waals surface area contributed by atoms with Crippen LogP contribution >= 0.6 is 0 Å². The molecular weight excluding hydrogens is 360 g/mol. The average Bonchev–Trinajstić information content (AvgIpc) is 2.73. The Morgan fingerprint density at radius 3 is 2.17 bits per heavy atom. The van der Waals surface area contributed by atoms with Crippen LogP contribution in [0.3, 0.4) is 0 Å². The molecule has 0 aliphatic heterocycles. The second kappa shape index (κ2) is 8.46. The molecule has 0 fully saturated rings. The Balaban J connectivity index is 1.44. The summed E-state index contributed by atoms with van der Waals surface area (Å²) in [4.78, 5) is 12.5. The summed E-state index contributed by atoms with van der Waals surface area (Å²) in [6.45, 7) is 0. The van der Waals surface area contributed by atoms with E-state index in [1.165, 1.54) is 0 Å². The maximum atomic E-state index is 12.5. The van der Waals surface area contributed by atoms with E-state index >= 15 is 0 Å². The van der Waals surface area contributed by atoms with Crippen molar-refractivity contribution in [1.82, 2.24) is 0 Å².